The van der Waals surface area contributed by atoms with Gasteiger partial charge in [-0.3, -0.25) is 0 Å². The Labute approximate surface area is 220 Å². The molecular formula is C32H34ClNO2. The van der Waals surface area contributed by atoms with Gasteiger partial charge in [0, 0.05) is 6.04 Å². The monoisotopic (exact) mass is 499 g/mol. The van der Waals surface area contributed by atoms with Gasteiger partial charge < -0.3 is 14.8 Å². The Morgan fingerprint density at radius 3 is 2.42 bits per heavy atom. The van der Waals surface area contributed by atoms with Crippen molar-refractivity contribution in [2.75, 3.05) is 0 Å². The van der Waals surface area contributed by atoms with Crippen molar-refractivity contribution < 1.29 is 9.47 Å². The summed E-state index contributed by atoms with van der Waals surface area (Å²) in [6.45, 7) is 3.44. The normalized spacial score (nSPS) is 22.8. The highest BCUT2D eigenvalue weighted by Gasteiger charge is 2.50. The van der Waals surface area contributed by atoms with E-state index in [2.05, 4.69) is 97.2 Å². The fraction of sp³-hybridized carbons (Fsp3) is 0.312. The molecular weight excluding hydrogens is 466 g/mol. The van der Waals surface area contributed by atoms with Gasteiger partial charge in [-0.15, -0.1) is 12.4 Å². The molecule has 4 heteroatoms. The molecule has 0 saturated carbocycles. The third-order valence-corrected chi connectivity index (χ3v) is 7.87. The van der Waals surface area contributed by atoms with Crippen molar-refractivity contribution in [3.63, 3.8) is 0 Å². The van der Waals surface area contributed by atoms with E-state index in [1.165, 1.54) is 45.9 Å². The summed E-state index contributed by atoms with van der Waals surface area (Å²) in [7, 11) is 0. The zero-order valence-electron chi connectivity index (χ0n) is 20.8. The number of aryl methyl sites for hydroxylation is 1. The first-order valence-electron chi connectivity index (χ1n) is 12.8. The van der Waals surface area contributed by atoms with Crippen LogP contribution in [0, 0.1) is 6.92 Å². The summed E-state index contributed by atoms with van der Waals surface area (Å²) < 4.78 is 12.8. The Hall–Kier alpha value is -2.85. The van der Waals surface area contributed by atoms with Gasteiger partial charge in [0.15, 0.2) is 0 Å². The molecule has 2 saturated heterocycles. The van der Waals surface area contributed by atoms with Crippen LogP contribution in [-0.2, 0) is 23.5 Å². The molecule has 4 aromatic rings. The van der Waals surface area contributed by atoms with Crippen molar-refractivity contribution in [1.29, 1.82) is 0 Å². The van der Waals surface area contributed by atoms with Crippen LogP contribution in [-0.4, -0.2) is 12.1 Å². The van der Waals surface area contributed by atoms with E-state index in [1.54, 1.807) is 0 Å². The maximum absolute atomic E-state index is 6.70. The SMILES string of the molecule is Cc1cc(OCc2ccccc2)ccc1C12CCC(CCC1OCc1ccc3ccccc3c1)N2.Cl. The Kier molecular flexibility index (Phi) is 7.34. The molecule has 2 fully saturated rings. The summed E-state index contributed by atoms with van der Waals surface area (Å²) in [6, 6.07) is 32.7. The summed E-state index contributed by atoms with van der Waals surface area (Å²) in [5.74, 6) is 0.922. The molecule has 0 spiro atoms. The number of hydrogen-bond acceptors (Lipinski definition) is 3. The summed E-state index contributed by atoms with van der Waals surface area (Å²) in [5, 5.41) is 6.53. The van der Waals surface area contributed by atoms with Crippen molar-refractivity contribution in [3.05, 3.63) is 113 Å². The number of ether oxygens (including phenoxy) is 2. The summed E-state index contributed by atoms with van der Waals surface area (Å²) in [5.41, 5.74) is 4.92. The van der Waals surface area contributed by atoms with E-state index < -0.39 is 0 Å². The van der Waals surface area contributed by atoms with Crippen molar-refractivity contribution in [2.45, 2.75) is 63.5 Å². The van der Waals surface area contributed by atoms with E-state index in [4.69, 9.17) is 9.47 Å². The first kappa shape index (κ1) is 24.8. The molecule has 2 bridgehead atoms. The lowest BCUT2D eigenvalue weighted by molar-refractivity contribution is -0.0418. The summed E-state index contributed by atoms with van der Waals surface area (Å²) in [6.07, 6.45) is 4.76. The summed E-state index contributed by atoms with van der Waals surface area (Å²) in [4.78, 5) is 0. The van der Waals surface area contributed by atoms with Gasteiger partial charge in [0.1, 0.15) is 12.4 Å². The smallest absolute Gasteiger partial charge is 0.120 e. The summed E-state index contributed by atoms with van der Waals surface area (Å²) >= 11 is 0. The maximum Gasteiger partial charge on any atom is 0.120 e. The first-order valence-corrected chi connectivity index (χ1v) is 12.8. The first-order chi connectivity index (χ1) is 17.2. The molecule has 2 heterocycles. The van der Waals surface area contributed by atoms with Gasteiger partial charge in [-0.05, 0) is 83.8 Å². The number of piperidine rings is 1. The highest BCUT2D eigenvalue weighted by Crippen LogP contribution is 2.46. The van der Waals surface area contributed by atoms with Crippen LogP contribution in [0.5, 0.6) is 5.75 Å². The highest BCUT2D eigenvalue weighted by molar-refractivity contribution is 5.85. The molecule has 0 aliphatic carbocycles. The minimum absolute atomic E-state index is 0. The minimum atomic E-state index is -0.123. The quantitative estimate of drug-likeness (QED) is 0.286. The van der Waals surface area contributed by atoms with Gasteiger partial charge in [-0.2, -0.15) is 0 Å². The van der Waals surface area contributed by atoms with Crippen LogP contribution in [0.2, 0.25) is 0 Å². The number of hydrogen-bond donors (Lipinski definition) is 1. The largest absolute Gasteiger partial charge is 0.489 e. The van der Waals surface area contributed by atoms with Crippen molar-refractivity contribution in [2.24, 2.45) is 0 Å². The van der Waals surface area contributed by atoms with Crippen LogP contribution in [0.25, 0.3) is 10.8 Å². The van der Waals surface area contributed by atoms with Gasteiger partial charge in [-0.25, -0.2) is 0 Å². The zero-order chi connectivity index (χ0) is 23.7. The molecule has 1 N–H and O–H groups in total. The lowest BCUT2D eigenvalue weighted by Gasteiger charge is -2.43. The number of benzene rings is 4. The number of rotatable bonds is 7. The Balaban J connectivity index is 0.00000267. The fourth-order valence-electron chi connectivity index (χ4n) is 6.08. The van der Waals surface area contributed by atoms with Crippen molar-refractivity contribution >= 4 is 23.2 Å². The minimum Gasteiger partial charge on any atom is -0.489 e. The lowest BCUT2D eigenvalue weighted by Crippen LogP contribution is -2.54. The van der Waals surface area contributed by atoms with Crippen LogP contribution in [0.1, 0.15) is 47.9 Å². The second-order valence-electron chi connectivity index (χ2n) is 10.2. The van der Waals surface area contributed by atoms with Gasteiger partial charge in [-0.1, -0.05) is 72.8 Å². The molecule has 0 radical (unpaired) electrons. The molecule has 4 aromatic carbocycles. The maximum atomic E-state index is 6.70. The van der Waals surface area contributed by atoms with Crippen molar-refractivity contribution in [1.82, 2.24) is 5.32 Å². The standard InChI is InChI=1S/C32H33NO2.ClH/c1-23-19-29(34-21-24-7-3-2-4-8-24)14-15-30(23)32-18-17-28(33-32)13-16-31(32)35-22-25-11-12-26-9-5-6-10-27(26)20-25;/h2-12,14-15,19-20,28,31,33H,13,16-18,21-22H2,1H3;1H. The van der Waals surface area contributed by atoms with Crippen LogP contribution in [0.3, 0.4) is 0 Å². The Bertz CT molecular complexity index is 1320. The topological polar surface area (TPSA) is 30.5 Å². The lowest BCUT2D eigenvalue weighted by atomic mass is 9.78. The van der Waals surface area contributed by atoms with Gasteiger partial charge in [0.2, 0.25) is 0 Å². The number of fused-ring (bicyclic) bond motifs is 3. The Morgan fingerprint density at radius 2 is 1.58 bits per heavy atom. The second-order valence-corrected chi connectivity index (χ2v) is 10.2. The molecule has 2 aliphatic heterocycles. The molecule has 186 valence electrons. The molecule has 0 amide bonds. The predicted octanol–water partition coefficient (Wildman–Crippen LogP) is 7.48. The van der Waals surface area contributed by atoms with E-state index in [-0.39, 0.29) is 24.0 Å². The fourth-order valence-corrected chi connectivity index (χ4v) is 6.08. The molecule has 3 unspecified atom stereocenters. The Morgan fingerprint density at radius 1 is 0.778 bits per heavy atom. The molecule has 0 aromatic heterocycles. The molecule has 3 atom stereocenters. The molecule has 2 aliphatic rings. The number of halogens is 1. The van der Waals surface area contributed by atoms with E-state index in [1.807, 2.05) is 6.07 Å². The number of nitrogens with one attached hydrogen (secondary N) is 1. The van der Waals surface area contributed by atoms with Crippen LogP contribution in [0.4, 0.5) is 0 Å². The zero-order valence-corrected chi connectivity index (χ0v) is 21.6. The van der Waals surface area contributed by atoms with E-state index >= 15 is 0 Å². The van der Waals surface area contributed by atoms with Crippen LogP contribution < -0.4 is 10.1 Å². The van der Waals surface area contributed by atoms with Gasteiger partial charge in [0.05, 0.1) is 18.2 Å². The van der Waals surface area contributed by atoms with Gasteiger partial charge >= 0.3 is 0 Å². The molecule has 36 heavy (non-hydrogen) atoms. The predicted molar refractivity (Wildman–Crippen MR) is 149 cm³/mol. The van der Waals surface area contributed by atoms with E-state index in [9.17, 15) is 0 Å². The molecule has 3 nitrogen and oxygen atoms in total. The highest BCUT2D eigenvalue weighted by atomic mass is 35.5. The third-order valence-electron chi connectivity index (χ3n) is 7.87. The second kappa shape index (κ2) is 10.6. The van der Waals surface area contributed by atoms with Gasteiger partial charge in [0.25, 0.3) is 0 Å². The van der Waals surface area contributed by atoms with E-state index in [0.717, 1.165) is 18.6 Å². The average molecular weight is 500 g/mol. The molecule has 6 rings (SSSR count). The van der Waals surface area contributed by atoms with Crippen LogP contribution >= 0.6 is 12.4 Å². The van der Waals surface area contributed by atoms with E-state index in [0.29, 0.717) is 19.3 Å². The average Bonchev–Trinajstić information content (AvgIpc) is 3.25. The van der Waals surface area contributed by atoms with Crippen LogP contribution in [0.15, 0.2) is 91.0 Å². The van der Waals surface area contributed by atoms with Crippen molar-refractivity contribution in [3.8, 4) is 5.75 Å². The third kappa shape index (κ3) is 4.88.